The van der Waals surface area contributed by atoms with Crippen molar-refractivity contribution in [3.8, 4) is 23.2 Å². The number of hydrogen-bond acceptors (Lipinski definition) is 4. The Hall–Kier alpha value is -2.87. The van der Waals surface area contributed by atoms with Crippen LogP contribution in [0.2, 0.25) is 0 Å². The Morgan fingerprint density at radius 2 is 2.00 bits per heavy atom. The maximum Gasteiger partial charge on any atom is 0.182 e. The SMILES string of the molecule is COc1ccn2nc(-c3ccc(C#N)cc3)nc2c1. The van der Waals surface area contributed by atoms with E-state index in [1.54, 1.807) is 30.0 Å². The summed E-state index contributed by atoms with van der Waals surface area (Å²) in [6, 6.07) is 12.9. The van der Waals surface area contributed by atoms with E-state index in [0.29, 0.717) is 11.4 Å². The van der Waals surface area contributed by atoms with E-state index in [9.17, 15) is 0 Å². The molecule has 0 spiro atoms. The number of benzene rings is 1. The van der Waals surface area contributed by atoms with Gasteiger partial charge in [0, 0.05) is 17.8 Å². The predicted molar refractivity (Wildman–Crippen MR) is 69.7 cm³/mol. The van der Waals surface area contributed by atoms with Gasteiger partial charge in [0.2, 0.25) is 0 Å². The minimum Gasteiger partial charge on any atom is -0.497 e. The molecule has 0 saturated carbocycles. The quantitative estimate of drug-likeness (QED) is 0.700. The Balaban J connectivity index is 2.07. The molecule has 0 saturated heterocycles. The van der Waals surface area contributed by atoms with Crippen molar-refractivity contribution >= 4 is 5.65 Å². The third kappa shape index (κ3) is 2.00. The van der Waals surface area contributed by atoms with E-state index in [1.807, 2.05) is 24.3 Å². The van der Waals surface area contributed by atoms with Gasteiger partial charge in [0.25, 0.3) is 0 Å². The molecule has 0 atom stereocenters. The Kier molecular flexibility index (Phi) is 2.62. The van der Waals surface area contributed by atoms with Gasteiger partial charge in [-0.15, -0.1) is 5.10 Å². The summed E-state index contributed by atoms with van der Waals surface area (Å²) in [5, 5.41) is 13.2. The van der Waals surface area contributed by atoms with Gasteiger partial charge in [0.1, 0.15) is 5.75 Å². The number of pyridine rings is 1. The molecular formula is C14H10N4O. The summed E-state index contributed by atoms with van der Waals surface area (Å²) in [6.07, 6.45) is 1.80. The number of aromatic nitrogens is 3. The maximum absolute atomic E-state index is 8.77. The fourth-order valence-electron chi connectivity index (χ4n) is 1.81. The van der Waals surface area contributed by atoms with Crippen LogP contribution in [0.3, 0.4) is 0 Å². The molecule has 0 aliphatic heterocycles. The highest BCUT2D eigenvalue weighted by Crippen LogP contribution is 2.19. The van der Waals surface area contributed by atoms with Crippen molar-refractivity contribution in [1.82, 2.24) is 14.6 Å². The van der Waals surface area contributed by atoms with E-state index in [4.69, 9.17) is 10.00 Å². The Morgan fingerprint density at radius 3 is 2.68 bits per heavy atom. The average Bonchev–Trinajstić information content (AvgIpc) is 2.90. The second-order valence-electron chi connectivity index (χ2n) is 3.99. The first kappa shape index (κ1) is 11.2. The molecule has 0 unspecified atom stereocenters. The van der Waals surface area contributed by atoms with Crippen LogP contribution < -0.4 is 4.74 Å². The molecule has 2 aromatic heterocycles. The summed E-state index contributed by atoms with van der Waals surface area (Å²) in [5.41, 5.74) is 2.22. The second-order valence-corrected chi connectivity index (χ2v) is 3.99. The van der Waals surface area contributed by atoms with Gasteiger partial charge in [-0.3, -0.25) is 0 Å². The molecule has 1 aromatic carbocycles. The summed E-state index contributed by atoms with van der Waals surface area (Å²) in [6.45, 7) is 0. The number of rotatable bonds is 2. The number of ether oxygens (including phenoxy) is 1. The molecule has 0 radical (unpaired) electrons. The highest BCUT2D eigenvalue weighted by atomic mass is 16.5. The van der Waals surface area contributed by atoms with Crippen LogP contribution in [0.15, 0.2) is 42.6 Å². The van der Waals surface area contributed by atoms with Crippen molar-refractivity contribution in [2.75, 3.05) is 7.11 Å². The molecule has 5 nitrogen and oxygen atoms in total. The fraction of sp³-hybridized carbons (Fsp3) is 0.0714. The Labute approximate surface area is 109 Å². The highest BCUT2D eigenvalue weighted by Gasteiger charge is 2.07. The van der Waals surface area contributed by atoms with Gasteiger partial charge in [-0.1, -0.05) is 0 Å². The molecule has 19 heavy (non-hydrogen) atoms. The molecule has 2 heterocycles. The minimum absolute atomic E-state index is 0.620. The van der Waals surface area contributed by atoms with Crippen molar-refractivity contribution in [2.45, 2.75) is 0 Å². The predicted octanol–water partition coefficient (Wildman–Crippen LogP) is 2.28. The Morgan fingerprint density at radius 1 is 1.21 bits per heavy atom. The first-order chi connectivity index (χ1) is 9.30. The number of hydrogen-bond donors (Lipinski definition) is 0. The lowest BCUT2D eigenvalue weighted by Gasteiger charge is -1.97. The largest absolute Gasteiger partial charge is 0.497 e. The number of methoxy groups -OCH3 is 1. The molecule has 0 N–H and O–H groups in total. The first-order valence-corrected chi connectivity index (χ1v) is 5.71. The molecule has 5 heteroatoms. The van der Waals surface area contributed by atoms with Crippen LogP contribution in [-0.4, -0.2) is 21.7 Å². The van der Waals surface area contributed by atoms with Crippen LogP contribution in [0, 0.1) is 11.3 Å². The highest BCUT2D eigenvalue weighted by molar-refractivity contribution is 5.59. The van der Waals surface area contributed by atoms with Crippen molar-refractivity contribution < 1.29 is 4.74 Å². The molecule has 0 aliphatic carbocycles. The lowest BCUT2D eigenvalue weighted by Crippen LogP contribution is -1.88. The van der Waals surface area contributed by atoms with Crippen molar-refractivity contribution in [3.63, 3.8) is 0 Å². The monoisotopic (exact) mass is 250 g/mol. The van der Waals surface area contributed by atoms with Gasteiger partial charge in [0.05, 0.1) is 18.7 Å². The van der Waals surface area contributed by atoms with E-state index in [0.717, 1.165) is 17.0 Å². The van der Waals surface area contributed by atoms with Gasteiger partial charge in [-0.2, -0.15) is 5.26 Å². The van der Waals surface area contributed by atoms with Crippen molar-refractivity contribution in [3.05, 3.63) is 48.2 Å². The van der Waals surface area contributed by atoms with Gasteiger partial charge in [-0.05, 0) is 30.3 Å². The molecule has 3 aromatic rings. The molecule has 0 bridgehead atoms. The maximum atomic E-state index is 8.77. The lowest BCUT2D eigenvalue weighted by molar-refractivity contribution is 0.414. The van der Waals surface area contributed by atoms with Crippen LogP contribution in [0.4, 0.5) is 0 Å². The topological polar surface area (TPSA) is 63.2 Å². The molecular weight excluding hydrogens is 240 g/mol. The summed E-state index contributed by atoms with van der Waals surface area (Å²) in [4.78, 5) is 4.44. The zero-order valence-electron chi connectivity index (χ0n) is 10.2. The van der Waals surface area contributed by atoms with E-state index < -0.39 is 0 Å². The number of fused-ring (bicyclic) bond motifs is 1. The zero-order valence-corrected chi connectivity index (χ0v) is 10.2. The summed E-state index contributed by atoms with van der Waals surface area (Å²) >= 11 is 0. The lowest BCUT2D eigenvalue weighted by atomic mass is 10.1. The summed E-state index contributed by atoms with van der Waals surface area (Å²) in [5.74, 6) is 1.36. The smallest absolute Gasteiger partial charge is 0.182 e. The summed E-state index contributed by atoms with van der Waals surface area (Å²) in [7, 11) is 1.61. The molecule has 0 aliphatic rings. The average molecular weight is 250 g/mol. The van der Waals surface area contributed by atoms with Crippen LogP contribution >= 0.6 is 0 Å². The van der Waals surface area contributed by atoms with Crippen LogP contribution in [0.25, 0.3) is 17.0 Å². The van der Waals surface area contributed by atoms with Gasteiger partial charge in [0.15, 0.2) is 11.5 Å². The van der Waals surface area contributed by atoms with E-state index in [1.165, 1.54) is 0 Å². The molecule has 92 valence electrons. The van der Waals surface area contributed by atoms with Crippen LogP contribution in [0.5, 0.6) is 5.75 Å². The Bertz CT molecular complexity index is 768. The second kappa shape index (κ2) is 4.42. The third-order valence-corrected chi connectivity index (χ3v) is 2.82. The minimum atomic E-state index is 0.620. The van der Waals surface area contributed by atoms with E-state index in [2.05, 4.69) is 16.2 Å². The van der Waals surface area contributed by atoms with Crippen LogP contribution in [-0.2, 0) is 0 Å². The first-order valence-electron chi connectivity index (χ1n) is 5.71. The number of nitrogens with zero attached hydrogens (tertiary/aromatic N) is 4. The van der Waals surface area contributed by atoms with Gasteiger partial charge in [-0.25, -0.2) is 9.50 Å². The van der Waals surface area contributed by atoms with Crippen molar-refractivity contribution in [2.24, 2.45) is 0 Å². The molecule has 0 amide bonds. The third-order valence-electron chi connectivity index (χ3n) is 2.82. The zero-order chi connectivity index (χ0) is 13.2. The molecule has 3 rings (SSSR count). The van der Waals surface area contributed by atoms with E-state index in [-0.39, 0.29) is 0 Å². The van der Waals surface area contributed by atoms with Gasteiger partial charge >= 0.3 is 0 Å². The number of nitriles is 1. The van der Waals surface area contributed by atoms with Crippen molar-refractivity contribution in [1.29, 1.82) is 5.26 Å². The normalized spacial score (nSPS) is 10.3. The van der Waals surface area contributed by atoms with Gasteiger partial charge < -0.3 is 4.74 Å². The van der Waals surface area contributed by atoms with E-state index >= 15 is 0 Å². The summed E-state index contributed by atoms with van der Waals surface area (Å²) < 4.78 is 6.84. The molecule has 0 fully saturated rings. The fourth-order valence-corrected chi connectivity index (χ4v) is 1.81. The standard InChI is InChI=1S/C14H10N4O/c1-19-12-6-7-18-13(8-12)16-14(17-18)11-4-2-10(9-15)3-5-11/h2-8H,1H3. The van der Waals surface area contributed by atoms with Crippen LogP contribution in [0.1, 0.15) is 5.56 Å².